The molecule has 0 bridgehead atoms. The van der Waals surface area contributed by atoms with Gasteiger partial charge in [-0.3, -0.25) is 4.79 Å². The van der Waals surface area contributed by atoms with E-state index in [0.717, 1.165) is 35.4 Å². The number of carbonyl (C=O) groups is 1. The summed E-state index contributed by atoms with van der Waals surface area (Å²) >= 11 is 0. The van der Waals surface area contributed by atoms with Gasteiger partial charge >= 0.3 is 20.4 Å². The fourth-order valence-electron chi connectivity index (χ4n) is 6.24. The second-order valence-corrected chi connectivity index (χ2v) is 14.8. The Bertz CT molecular complexity index is 1710. The molecule has 49 heavy (non-hydrogen) atoms. The van der Waals surface area contributed by atoms with Crippen LogP contribution in [0.4, 0.5) is 11.4 Å². The van der Waals surface area contributed by atoms with Crippen LogP contribution in [0.15, 0.2) is 145 Å². The molecule has 0 spiro atoms. The number of benzene rings is 5. The van der Waals surface area contributed by atoms with Gasteiger partial charge in [0.05, 0.1) is 11.0 Å². The van der Waals surface area contributed by atoms with Crippen LogP contribution in [-0.2, 0) is 25.2 Å². The van der Waals surface area contributed by atoms with Gasteiger partial charge in [0.2, 0.25) is 0 Å². The van der Waals surface area contributed by atoms with Crippen molar-refractivity contribution in [1.29, 1.82) is 0 Å². The Balaban J connectivity index is 0.000000196. The fourth-order valence-corrected chi connectivity index (χ4v) is 9.89. The quantitative estimate of drug-likeness (QED) is 0.107. The number of anilines is 2. The summed E-state index contributed by atoms with van der Waals surface area (Å²) in [5.74, 6) is 0.0839. The topological polar surface area (TPSA) is 56.1 Å². The van der Waals surface area contributed by atoms with Crippen molar-refractivity contribution in [3.63, 3.8) is 0 Å². The van der Waals surface area contributed by atoms with Crippen LogP contribution in [0.2, 0.25) is 0 Å². The van der Waals surface area contributed by atoms with Gasteiger partial charge in [-0.1, -0.05) is 103 Å². The molecule has 7 heteroatoms. The van der Waals surface area contributed by atoms with Gasteiger partial charge in [0.15, 0.2) is 0 Å². The molecule has 1 aliphatic heterocycles. The number of carboxylic acid groups (broad SMARTS) is 1. The van der Waals surface area contributed by atoms with Crippen LogP contribution in [0.5, 0.6) is 0 Å². The molecule has 1 atom stereocenters. The standard InChI is InChI=1S/C20H16N3.C20H24P.C2H4O2.Pd/c1-4-10-17(11-5-1)20-21-23(19-14-8-3-9-15-19)16-22(20)18-12-6-2-7-13-18;1-16-10-6-8-14-19(16)21(18-12-4-3-5-13-18)20-15-9-7-11-17(20)2;1-2(3)4;/h1-16H;6-11,14-15,18H,1,3-5,12-13H2,2H3;1H3,(H,3,4);/q2*-1;;+2/p+1. The van der Waals surface area contributed by atoms with E-state index >= 15 is 0 Å². The molecule has 1 aliphatic carbocycles. The van der Waals surface area contributed by atoms with Crippen LogP contribution in [0.1, 0.15) is 55.7 Å². The molecule has 1 unspecified atom stereocenters. The molecule has 0 aromatic heterocycles. The van der Waals surface area contributed by atoms with Crippen molar-refractivity contribution >= 4 is 41.7 Å². The molecule has 254 valence electrons. The van der Waals surface area contributed by atoms with Gasteiger partial charge in [0.1, 0.15) is 5.84 Å². The molecular weight excluding hydrogens is 716 g/mol. The smallest absolute Gasteiger partial charge is 0.481 e. The zero-order valence-electron chi connectivity index (χ0n) is 28.2. The van der Waals surface area contributed by atoms with Crippen molar-refractivity contribution in [3.8, 4) is 0 Å². The van der Waals surface area contributed by atoms with Crippen LogP contribution in [0.3, 0.4) is 0 Å². The van der Waals surface area contributed by atoms with E-state index in [0.29, 0.717) is 0 Å². The van der Waals surface area contributed by atoms with E-state index in [2.05, 4.69) is 104 Å². The van der Waals surface area contributed by atoms with Crippen molar-refractivity contribution in [2.75, 3.05) is 9.91 Å². The second-order valence-electron chi connectivity index (χ2n) is 12.0. The minimum Gasteiger partial charge on any atom is -0.481 e. The largest absolute Gasteiger partial charge is 2.00 e. The summed E-state index contributed by atoms with van der Waals surface area (Å²) in [5, 5.41) is 17.3. The number of hydrazone groups is 1. The number of aryl methyl sites for hydroxylation is 1. The first-order valence-corrected chi connectivity index (χ1v) is 18.2. The van der Waals surface area contributed by atoms with Gasteiger partial charge in [-0.25, -0.2) is 0 Å². The molecule has 1 fully saturated rings. The van der Waals surface area contributed by atoms with Crippen molar-refractivity contribution < 1.29 is 30.3 Å². The average molecular weight is 761 g/mol. The normalized spacial score (nSPS) is 14.6. The molecule has 0 amide bonds. The van der Waals surface area contributed by atoms with E-state index in [1.54, 1.807) is 5.30 Å². The first-order valence-electron chi connectivity index (χ1n) is 16.6. The number of rotatable bonds is 6. The van der Waals surface area contributed by atoms with Crippen LogP contribution < -0.4 is 20.5 Å². The average Bonchev–Trinajstić information content (AvgIpc) is 3.58. The van der Waals surface area contributed by atoms with E-state index < -0.39 is 13.9 Å². The predicted molar refractivity (Wildman–Crippen MR) is 205 cm³/mol. The third kappa shape index (κ3) is 10.4. The summed E-state index contributed by atoms with van der Waals surface area (Å²) in [7, 11) is -0.723. The van der Waals surface area contributed by atoms with Gasteiger partial charge < -0.3 is 15.0 Å². The van der Waals surface area contributed by atoms with E-state index in [1.807, 2.05) is 66.3 Å². The zero-order chi connectivity index (χ0) is 33.7. The van der Waals surface area contributed by atoms with Crippen molar-refractivity contribution in [2.24, 2.45) is 5.10 Å². The van der Waals surface area contributed by atoms with Crippen LogP contribution in [0, 0.1) is 20.5 Å². The molecule has 1 N–H and O–H groups in total. The summed E-state index contributed by atoms with van der Waals surface area (Å²) in [6, 6.07) is 48.5. The van der Waals surface area contributed by atoms with Gasteiger partial charge in [-0.05, 0) is 68.5 Å². The van der Waals surface area contributed by atoms with Crippen LogP contribution >= 0.6 is 7.92 Å². The van der Waals surface area contributed by atoms with E-state index in [-0.39, 0.29) is 20.4 Å². The third-order valence-electron chi connectivity index (χ3n) is 8.50. The molecule has 5 aromatic carbocycles. The Morgan fingerprint density at radius 2 is 1.22 bits per heavy atom. The molecule has 5 aromatic rings. The Hall–Kier alpha value is -4.20. The minimum absolute atomic E-state index is 0. The van der Waals surface area contributed by atoms with Crippen LogP contribution in [0.25, 0.3) is 0 Å². The molecule has 2 aliphatic rings. The number of nitrogens with zero attached hydrogens (tertiary/aromatic N) is 3. The molecule has 5 nitrogen and oxygen atoms in total. The Morgan fingerprint density at radius 1 is 0.735 bits per heavy atom. The first-order chi connectivity index (χ1) is 23.4. The van der Waals surface area contributed by atoms with E-state index in [4.69, 9.17) is 15.0 Å². The summed E-state index contributed by atoms with van der Waals surface area (Å²) in [6.45, 7) is 9.69. The molecule has 7 rings (SSSR count). The third-order valence-corrected chi connectivity index (χ3v) is 12.1. The van der Waals surface area contributed by atoms with Crippen molar-refractivity contribution in [2.45, 2.75) is 51.6 Å². The Kier molecular flexibility index (Phi) is 14.7. The Labute approximate surface area is 307 Å². The number of aliphatic carboxylic acids is 1. The molecule has 0 radical (unpaired) electrons. The van der Waals surface area contributed by atoms with E-state index in [1.165, 1.54) is 48.5 Å². The van der Waals surface area contributed by atoms with E-state index in [9.17, 15) is 0 Å². The maximum absolute atomic E-state index is 9.00. The summed E-state index contributed by atoms with van der Waals surface area (Å²) in [5.41, 5.74) is 6.78. The predicted octanol–water partition coefficient (Wildman–Crippen LogP) is 9.26. The maximum Gasteiger partial charge on any atom is 2.00 e. The number of hydrogen-bond donors (Lipinski definition) is 1. The minimum atomic E-state index is -0.833. The number of carboxylic acids is 1. The summed E-state index contributed by atoms with van der Waals surface area (Å²) < 4.78 is 0. The van der Waals surface area contributed by atoms with Crippen LogP contribution in [-0.4, -0.2) is 22.6 Å². The first kappa shape index (κ1) is 37.6. The van der Waals surface area contributed by atoms with Crippen molar-refractivity contribution in [3.05, 3.63) is 170 Å². The number of para-hydroxylation sites is 2. The van der Waals surface area contributed by atoms with Gasteiger partial charge in [-0.2, -0.15) is 23.7 Å². The van der Waals surface area contributed by atoms with Crippen molar-refractivity contribution in [1.82, 2.24) is 0 Å². The summed E-state index contributed by atoms with van der Waals surface area (Å²) in [4.78, 5) is 11.1. The van der Waals surface area contributed by atoms with Gasteiger partial charge in [-0.15, -0.1) is 12.7 Å². The Morgan fingerprint density at radius 3 is 1.80 bits per heavy atom. The number of amidine groups is 1. The second kappa shape index (κ2) is 19.1. The maximum atomic E-state index is 9.00. The summed E-state index contributed by atoms with van der Waals surface area (Å²) in [6.07, 6.45) is 7.04. The number of hydrogen-bond acceptors (Lipinski definition) is 4. The van der Waals surface area contributed by atoms with Gasteiger partial charge in [0.25, 0.3) is 5.97 Å². The molecule has 1 heterocycles. The zero-order valence-corrected chi connectivity index (χ0v) is 30.7. The molecule has 1 saturated carbocycles. The molecule has 0 saturated heterocycles. The fraction of sp³-hybridized carbons (Fsp3) is 0.190. The SMILES string of the molecule is CC(=O)O.[CH2-]c1ccccc1[PH+](c1ccccc1C)C1CCCCC1.[Pd+2].c1ccc(C2=NN(c3ccccc3)[CH-]N2c2ccccc2)cc1. The van der Waals surface area contributed by atoms with Gasteiger partial charge in [0, 0.05) is 37.1 Å². The molecular formula is C42H45N3O2PPd+. The monoisotopic (exact) mass is 760 g/mol.